The van der Waals surface area contributed by atoms with Gasteiger partial charge in [-0.15, -0.1) is 0 Å². The van der Waals surface area contributed by atoms with Crippen LogP contribution in [0, 0.1) is 6.92 Å². The van der Waals surface area contributed by atoms with E-state index in [4.69, 9.17) is 9.47 Å². The third-order valence-corrected chi connectivity index (χ3v) is 6.73. The van der Waals surface area contributed by atoms with Crippen LogP contribution in [0.25, 0.3) is 0 Å². The van der Waals surface area contributed by atoms with Crippen LogP contribution >= 0.6 is 0 Å². The number of aryl methyl sites for hydroxylation is 1. The molecule has 0 aliphatic rings. The highest BCUT2D eigenvalue weighted by Gasteiger charge is 2.32. The number of nitrogens with one attached hydrogen (secondary N) is 1. The van der Waals surface area contributed by atoms with Gasteiger partial charge >= 0.3 is 0 Å². The Morgan fingerprint density at radius 2 is 1.69 bits per heavy atom. The average Bonchev–Trinajstić information content (AvgIpc) is 2.80. The molecule has 0 fully saturated rings. The van der Waals surface area contributed by atoms with Crippen molar-refractivity contribution >= 4 is 27.5 Å². The van der Waals surface area contributed by atoms with Gasteiger partial charge < -0.3 is 19.7 Å². The average molecular weight is 520 g/mol. The number of amides is 2. The molecule has 2 aromatic rings. The molecule has 9 nitrogen and oxygen atoms in total. The summed E-state index contributed by atoms with van der Waals surface area (Å²) >= 11 is 0. The SMILES string of the molecule is CC[C@H](C(=O)NC(C)C)N(Cc1cccc(C)c1)C(=O)CN(c1ccc(OC)c(OC)c1)S(C)(=O)=O. The van der Waals surface area contributed by atoms with E-state index < -0.39 is 28.5 Å². The largest absolute Gasteiger partial charge is 0.493 e. The third-order valence-electron chi connectivity index (χ3n) is 5.59. The lowest BCUT2D eigenvalue weighted by atomic mass is 10.1. The molecule has 0 aromatic heterocycles. The van der Waals surface area contributed by atoms with Gasteiger partial charge in [-0.2, -0.15) is 0 Å². The van der Waals surface area contributed by atoms with Gasteiger partial charge in [-0.05, 0) is 44.9 Å². The van der Waals surface area contributed by atoms with Gasteiger partial charge in [-0.25, -0.2) is 8.42 Å². The lowest BCUT2D eigenvalue weighted by molar-refractivity contribution is -0.140. The Kier molecular flexibility index (Phi) is 10.2. The first-order chi connectivity index (χ1) is 16.9. The van der Waals surface area contributed by atoms with E-state index in [1.54, 1.807) is 12.1 Å². The number of carbonyl (C=O) groups is 2. The number of nitrogens with zero attached hydrogens (tertiary/aromatic N) is 2. The van der Waals surface area contributed by atoms with E-state index in [1.165, 1.54) is 25.2 Å². The van der Waals surface area contributed by atoms with Crippen molar-refractivity contribution < 1.29 is 27.5 Å². The van der Waals surface area contributed by atoms with Gasteiger partial charge in [0.2, 0.25) is 21.8 Å². The number of ether oxygens (including phenoxy) is 2. The van der Waals surface area contributed by atoms with Crippen molar-refractivity contribution in [1.29, 1.82) is 0 Å². The molecule has 0 spiro atoms. The normalized spacial score (nSPS) is 12.1. The maximum absolute atomic E-state index is 13.7. The van der Waals surface area contributed by atoms with Crippen molar-refractivity contribution in [2.24, 2.45) is 0 Å². The van der Waals surface area contributed by atoms with Gasteiger partial charge in [0.1, 0.15) is 12.6 Å². The van der Waals surface area contributed by atoms with E-state index >= 15 is 0 Å². The molecular weight excluding hydrogens is 482 g/mol. The van der Waals surface area contributed by atoms with Crippen LogP contribution in [-0.2, 0) is 26.2 Å². The number of anilines is 1. The highest BCUT2D eigenvalue weighted by Crippen LogP contribution is 2.32. The third kappa shape index (κ3) is 7.61. The summed E-state index contributed by atoms with van der Waals surface area (Å²) in [6, 6.07) is 11.4. The molecule has 2 aromatic carbocycles. The van der Waals surface area contributed by atoms with Gasteiger partial charge in [0.15, 0.2) is 11.5 Å². The predicted octanol–water partition coefficient (Wildman–Crippen LogP) is 3.11. The summed E-state index contributed by atoms with van der Waals surface area (Å²) in [4.78, 5) is 28.2. The van der Waals surface area contributed by atoms with Gasteiger partial charge in [-0.3, -0.25) is 13.9 Å². The molecule has 0 aliphatic heterocycles. The van der Waals surface area contributed by atoms with Crippen LogP contribution in [0.3, 0.4) is 0 Å². The minimum atomic E-state index is -3.85. The van der Waals surface area contributed by atoms with E-state index in [1.807, 2.05) is 52.0 Å². The van der Waals surface area contributed by atoms with E-state index in [0.29, 0.717) is 17.9 Å². The summed E-state index contributed by atoms with van der Waals surface area (Å²) in [5.74, 6) is -0.0260. The van der Waals surface area contributed by atoms with E-state index in [9.17, 15) is 18.0 Å². The van der Waals surface area contributed by atoms with Crippen molar-refractivity contribution in [2.45, 2.75) is 52.7 Å². The molecule has 1 atom stereocenters. The molecule has 198 valence electrons. The maximum atomic E-state index is 13.7. The first-order valence-corrected chi connectivity index (χ1v) is 13.6. The summed E-state index contributed by atoms with van der Waals surface area (Å²) in [5.41, 5.74) is 2.11. The monoisotopic (exact) mass is 519 g/mol. The number of benzene rings is 2. The Labute approximate surface area is 214 Å². The Morgan fingerprint density at radius 1 is 1.03 bits per heavy atom. The topological polar surface area (TPSA) is 105 Å². The zero-order valence-corrected chi connectivity index (χ0v) is 22.9. The molecule has 0 unspecified atom stereocenters. The summed E-state index contributed by atoms with van der Waals surface area (Å²) in [7, 11) is -0.931. The van der Waals surface area contributed by atoms with Crippen LogP contribution in [0.2, 0.25) is 0 Å². The first kappa shape index (κ1) is 29.0. The van der Waals surface area contributed by atoms with Crippen LogP contribution in [0.15, 0.2) is 42.5 Å². The fraction of sp³-hybridized carbons (Fsp3) is 0.462. The number of carbonyl (C=O) groups excluding carboxylic acids is 2. The minimum Gasteiger partial charge on any atom is -0.493 e. The van der Waals surface area contributed by atoms with Crippen LogP contribution < -0.4 is 19.1 Å². The number of sulfonamides is 1. The lowest BCUT2D eigenvalue weighted by Gasteiger charge is -2.33. The number of hydrogen-bond acceptors (Lipinski definition) is 6. The highest BCUT2D eigenvalue weighted by atomic mass is 32.2. The molecule has 10 heteroatoms. The van der Waals surface area contributed by atoms with Crippen molar-refractivity contribution in [3.8, 4) is 11.5 Å². The molecule has 0 saturated carbocycles. The second kappa shape index (κ2) is 12.6. The summed E-state index contributed by atoms with van der Waals surface area (Å²) < 4.78 is 37.1. The molecule has 1 N–H and O–H groups in total. The van der Waals surface area contributed by atoms with Crippen LogP contribution in [0.4, 0.5) is 5.69 Å². The zero-order chi connectivity index (χ0) is 27.0. The first-order valence-electron chi connectivity index (χ1n) is 11.8. The molecule has 0 bridgehead atoms. The van der Waals surface area contributed by atoms with Crippen molar-refractivity contribution in [3.05, 3.63) is 53.6 Å². The van der Waals surface area contributed by atoms with E-state index in [0.717, 1.165) is 21.7 Å². The fourth-order valence-electron chi connectivity index (χ4n) is 3.90. The Morgan fingerprint density at radius 3 is 2.22 bits per heavy atom. The fourth-order valence-corrected chi connectivity index (χ4v) is 4.74. The second-order valence-electron chi connectivity index (χ2n) is 8.91. The lowest BCUT2D eigenvalue weighted by Crippen LogP contribution is -2.53. The molecule has 2 amide bonds. The highest BCUT2D eigenvalue weighted by molar-refractivity contribution is 7.92. The van der Waals surface area contributed by atoms with Crippen LogP contribution in [0.1, 0.15) is 38.3 Å². The molecular formula is C26H37N3O6S. The molecule has 36 heavy (non-hydrogen) atoms. The van der Waals surface area contributed by atoms with Gasteiger partial charge in [0, 0.05) is 18.7 Å². The Balaban J connectivity index is 2.49. The quantitative estimate of drug-likeness (QED) is 0.462. The zero-order valence-electron chi connectivity index (χ0n) is 22.1. The smallest absolute Gasteiger partial charge is 0.244 e. The van der Waals surface area contributed by atoms with Crippen LogP contribution in [0.5, 0.6) is 11.5 Å². The molecule has 0 aliphatic carbocycles. The second-order valence-corrected chi connectivity index (χ2v) is 10.8. The predicted molar refractivity (Wildman–Crippen MR) is 141 cm³/mol. The minimum absolute atomic E-state index is 0.109. The van der Waals surface area contributed by atoms with Crippen LogP contribution in [-0.4, -0.2) is 64.2 Å². The van der Waals surface area contributed by atoms with Crippen molar-refractivity contribution in [3.63, 3.8) is 0 Å². The van der Waals surface area contributed by atoms with Gasteiger partial charge in [-0.1, -0.05) is 36.8 Å². The number of rotatable bonds is 12. The number of hydrogen-bond donors (Lipinski definition) is 1. The van der Waals surface area contributed by atoms with E-state index in [2.05, 4.69) is 5.32 Å². The standard InChI is InChI=1S/C26H37N3O6S/c1-8-22(26(31)27-18(2)3)28(16-20-11-9-10-19(4)14-20)25(30)17-29(36(7,32)33)21-12-13-23(34-5)24(15-21)35-6/h9-15,18,22H,8,16-17H2,1-7H3,(H,27,31)/t22-/m1/s1. The molecule has 0 heterocycles. The summed E-state index contributed by atoms with van der Waals surface area (Å²) in [6.45, 7) is 7.14. The van der Waals surface area contributed by atoms with E-state index in [-0.39, 0.29) is 24.2 Å². The number of methoxy groups -OCH3 is 2. The van der Waals surface area contributed by atoms with Crippen molar-refractivity contribution in [2.75, 3.05) is 31.3 Å². The van der Waals surface area contributed by atoms with Crippen molar-refractivity contribution in [1.82, 2.24) is 10.2 Å². The Hall–Kier alpha value is -3.27. The van der Waals surface area contributed by atoms with Gasteiger partial charge in [0.05, 0.1) is 26.2 Å². The maximum Gasteiger partial charge on any atom is 0.244 e. The molecule has 2 rings (SSSR count). The molecule has 0 saturated heterocycles. The summed E-state index contributed by atoms with van der Waals surface area (Å²) in [6.07, 6.45) is 1.40. The summed E-state index contributed by atoms with van der Waals surface area (Å²) in [5, 5.41) is 2.87. The Bertz CT molecular complexity index is 1170. The molecule has 0 radical (unpaired) electrons. The van der Waals surface area contributed by atoms with Gasteiger partial charge in [0.25, 0.3) is 0 Å².